The van der Waals surface area contributed by atoms with Crippen molar-refractivity contribution in [3.63, 3.8) is 0 Å². The molecule has 0 fully saturated rings. The highest BCUT2D eigenvalue weighted by atomic mass is 16.5. The summed E-state index contributed by atoms with van der Waals surface area (Å²) in [4.78, 5) is 27.5. The molecule has 1 amide bonds. The van der Waals surface area contributed by atoms with Gasteiger partial charge in [0.25, 0.3) is 5.91 Å². The van der Waals surface area contributed by atoms with E-state index in [9.17, 15) is 14.9 Å². The number of carbonyl (C=O) groups is 2. The van der Waals surface area contributed by atoms with Crippen LogP contribution in [0.3, 0.4) is 0 Å². The van der Waals surface area contributed by atoms with Gasteiger partial charge in [-0.3, -0.25) is 9.69 Å². The van der Waals surface area contributed by atoms with Crippen molar-refractivity contribution in [2.45, 2.75) is 18.9 Å². The second kappa shape index (κ2) is 8.52. The van der Waals surface area contributed by atoms with Crippen molar-refractivity contribution >= 4 is 18.0 Å². The molecule has 4 rings (SSSR count). The third-order valence-corrected chi connectivity index (χ3v) is 5.79. The molecule has 1 atom stereocenters. The van der Waals surface area contributed by atoms with E-state index in [1.807, 2.05) is 55.5 Å². The van der Waals surface area contributed by atoms with Crippen LogP contribution in [-0.4, -0.2) is 23.9 Å². The van der Waals surface area contributed by atoms with Crippen LogP contribution >= 0.6 is 0 Å². The molecule has 0 spiro atoms. The Kier molecular flexibility index (Phi) is 5.61. The minimum atomic E-state index is -1.34. The average molecular weight is 422 g/mol. The fourth-order valence-corrected chi connectivity index (χ4v) is 4.10. The lowest BCUT2D eigenvalue weighted by Gasteiger charge is -2.40. The number of hydrogen-bond acceptors (Lipinski definition) is 4. The third-order valence-electron chi connectivity index (χ3n) is 5.79. The zero-order valence-corrected chi connectivity index (χ0v) is 17.9. The van der Waals surface area contributed by atoms with Crippen molar-refractivity contribution in [2.24, 2.45) is 0 Å². The predicted molar refractivity (Wildman–Crippen MR) is 122 cm³/mol. The number of ether oxygens (including phenoxy) is 1. The van der Waals surface area contributed by atoms with E-state index in [4.69, 9.17) is 4.74 Å². The fraction of sp³-hybridized carbons (Fsp3) is 0.148. The van der Waals surface area contributed by atoms with Crippen LogP contribution < -0.4 is 0 Å². The van der Waals surface area contributed by atoms with Gasteiger partial charge in [-0.05, 0) is 47.9 Å². The zero-order chi connectivity index (χ0) is 22.7. The molecule has 1 aliphatic heterocycles. The molecule has 0 N–H and O–H groups in total. The summed E-state index contributed by atoms with van der Waals surface area (Å²) in [6.07, 6.45) is 3.63. The van der Waals surface area contributed by atoms with Crippen LogP contribution in [0.5, 0.6) is 0 Å². The lowest BCUT2D eigenvalue weighted by molar-refractivity contribution is 0.0598. The smallest absolute Gasteiger partial charge is 0.338 e. The largest absolute Gasteiger partial charge is 0.465 e. The second-order valence-corrected chi connectivity index (χ2v) is 7.74. The highest BCUT2D eigenvalue weighted by molar-refractivity contribution is 5.97. The number of benzene rings is 3. The molecule has 0 saturated carbocycles. The maximum absolute atomic E-state index is 13.6. The van der Waals surface area contributed by atoms with E-state index in [0.717, 1.165) is 11.1 Å². The maximum atomic E-state index is 13.6. The summed E-state index contributed by atoms with van der Waals surface area (Å²) in [7, 11) is 1.32. The molecule has 0 aromatic heterocycles. The summed E-state index contributed by atoms with van der Waals surface area (Å²) in [6.45, 7) is 1.95. The highest BCUT2D eigenvalue weighted by Gasteiger charge is 2.45. The molecule has 1 aliphatic rings. The summed E-state index contributed by atoms with van der Waals surface area (Å²) in [5.74, 6) is -0.766. The van der Waals surface area contributed by atoms with Gasteiger partial charge >= 0.3 is 5.97 Å². The number of esters is 1. The van der Waals surface area contributed by atoms with E-state index in [-0.39, 0.29) is 12.3 Å². The molecule has 0 aliphatic carbocycles. The first-order valence-electron chi connectivity index (χ1n) is 10.3. The molecule has 0 saturated heterocycles. The molecule has 1 heterocycles. The van der Waals surface area contributed by atoms with E-state index in [1.54, 1.807) is 36.5 Å². The number of nitrogens with zero attached hydrogens (tertiary/aromatic N) is 2. The van der Waals surface area contributed by atoms with Crippen LogP contribution in [0, 0.1) is 18.3 Å². The molecule has 0 radical (unpaired) electrons. The minimum Gasteiger partial charge on any atom is -0.465 e. The lowest BCUT2D eigenvalue weighted by Crippen LogP contribution is -2.49. The topological polar surface area (TPSA) is 70.4 Å². The van der Waals surface area contributed by atoms with Gasteiger partial charge < -0.3 is 4.74 Å². The van der Waals surface area contributed by atoms with Crippen molar-refractivity contribution in [3.05, 3.63) is 112 Å². The molecular formula is C27H22N2O3. The molecule has 5 heteroatoms. The first-order chi connectivity index (χ1) is 15.5. The molecule has 5 nitrogen and oxygen atoms in total. The van der Waals surface area contributed by atoms with Crippen LogP contribution in [0.4, 0.5) is 0 Å². The Labute approximate surface area is 187 Å². The van der Waals surface area contributed by atoms with E-state index >= 15 is 0 Å². The van der Waals surface area contributed by atoms with E-state index in [2.05, 4.69) is 6.07 Å². The lowest BCUT2D eigenvalue weighted by atomic mass is 9.78. The maximum Gasteiger partial charge on any atom is 0.338 e. The van der Waals surface area contributed by atoms with Crippen molar-refractivity contribution < 1.29 is 14.3 Å². The van der Waals surface area contributed by atoms with Gasteiger partial charge in [0.1, 0.15) is 0 Å². The standard InChI is InChI=1S/C27H22N2O3/c1-19-11-13-21(14-12-19)25(30)29-16-15-20-7-4-6-10-24(20)27(29,18-28)17-22-8-3-5-9-23(22)26(31)32-2/h3-16H,17H2,1-2H3. The van der Waals surface area contributed by atoms with Gasteiger partial charge in [-0.15, -0.1) is 0 Å². The molecule has 1 unspecified atom stereocenters. The van der Waals surface area contributed by atoms with Crippen LogP contribution in [0.2, 0.25) is 0 Å². The van der Waals surface area contributed by atoms with Gasteiger partial charge in [0.15, 0.2) is 5.54 Å². The van der Waals surface area contributed by atoms with Gasteiger partial charge in [0, 0.05) is 18.2 Å². The first-order valence-corrected chi connectivity index (χ1v) is 10.3. The molecule has 158 valence electrons. The molecular weight excluding hydrogens is 400 g/mol. The Balaban J connectivity index is 1.88. The number of methoxy groups -OCH3 is 1. The number of fused-ring (bicyclic) bond motifs is 1. The summed E-state index contributed by atoms with van der Waals surface area (Å²) in [5, 5.41) is 10.6. The third kappa shape index (κ3) is 3.57. The molecule has 32 heavy (non-hydrogen) atoms. The second-order valence-electron chi connectivity index (χ2n) is 7.74. The van der Waals surface area contributed by atoms with Crippen LogP contribution in [0.1, 0.15) is 43.0 Å². The Morgan fingerprint density at radius 2 is 1.69 bits per heavy atom. The number of amides is 1. The summed E-state index contributed by atoms with van der Waals surface area (Å²) >= 11 is 0. The quantitative estimate of drug-likeness (QED) is 0.563. The van der Waals surface area contributed by atoms with E-state index in [1.165, 1.54) is 12.0 Å². The first kappa shape index (κ1) is 21.1. The number of carbonyl (C=O) groups excluding carboxylic acids is 2. The van der Waals surface area contributed by atoms with Crippen LogP contribution in [-0.2, 0) is 16.7 Å². The number of hydrogen-bond donors (Lipinski definition) is 0. The Hall–Kier alpha value is -4.17. The predicted octanol–water partition coefficient (Wildman–Crippen LogP) is 4.87. The molecule has 3 aromatic rings. The van der Waals surface area contributed by atoms with Crippen molar-refractivity contribution in [1.82, 2.24) is 4.90 Å². The fourth-order valence-electron chi connectivity index (χ4n) is 4.10. The Morgan fingerprint density at radius 3 is 2.41 bits per heavy atom. The number of nitriles is 1. The van der Waals surface area contributed by atoms with Crippen molar-refractivity contribution in [1.29, 1.82) is 5.26 Å². The van der Waals surface area contributed by atoms with Crippen LogP contribution in [0.25, 0.3) is 6.08 Å². The van der Waals surface area contributed by atoms with Crippen molar-refractivity contribution in [2.75, 3.05) is 7.11 Å². The average Bonchev–Trinajstić information content (AvgIpc) is 2.84. The Bertz CT molecular complexity index is 1250. The zero-order valence-electron chi connectivity index (χ0n) is 17.9. The van der Waals surface area contributed by atoms with Gasteiger partial charge in [-0.25, -0.2) is 4.79 Å². The summed E-state index contributed by atoms with van der Waals surface area (Å²) < 4.78 is 4.94. The number of aryl methyl sites for hydroxylation is 1. The normalized spacial score (nSPS) is 16.7. The highest BCUT2D eigenvalue weighted by Crippen LogP contribution is 2.40. The molecule has 0 bridgehead atoms. The van der Waals surface area contributed by atoms with Gasteiger partial charge in [0.05, 0.1) is 18.7 Å². The van der Waals surface area contributed by atoms with Gasteiger partial charge in [-0.2, -0.15) is 5.26 Å². The van der Waals surface area contributed by atoms with Gasteiger partial charge in [-0.1, -0.05) is 60.2 Å². The summed E-state index contributed by atoms with van der Waals surface area (Å²) in [6, 6.07) is 24.2. The van der Waals surface area contributed by atoms with Crippen LogP contribution in [0.15, 0.2) is 79.0 Å². The van der Waals surface area contributed by atoms with Crippen molar-refractivity contribution in [3.8, 4) is 6.07 Å². The Morgan fingerprint density at radius 1 is 1.00 bits per heavy atom. The SMILES string of the molecule is COC(=O)c1ccccc1CC1(C#N)c2ccccc2C=CN1C(=O)c1ccc(C)cc1. The molecule has 3 aromatic carbocycles. The van der Waals surface area contributed by atoms with E-state index in [0.29, 0.717) is 22.3 Å². The monoisotopic (exact) mass is 422 g/mol. The summed E-state index contributed by atoms with van der Waals surface area (Å²) in [5.41, 5.74) is 2.77. The van der Waals surface area contributed by atoms with E-state index < -0.39 is 11.5 Å². The number of rotatable bonds is 4. The van der Waals surface area contributed by atoms with Gasteiger partial charge in [0.2, 0.25) is 0 Å². The minimum absolute atomic E-state index is 0.133.